The maximum atomic E-state index is 11.3. The van der Waals surface area contributed by atoms with Crippen LogP contribution in [0, 0.1) is 11.8 Å². The van der Waals surface area contributed by atoms with E-state index in [4.69, 9.17) is 5.73 Å². The van der Waals surface area contributed by atoms with Crippen LogP contribution in [0.4, 0.5) is 0 Å². The van der Waals surface area contributed by atoms with Gasteiger partial charge in [0, 0.05) is 18.4 Å². The van der Waals surface area contributed by atoms with E-state index in [1.807, 2.05) is 6.92 Å². The lowest BCUT2D eigenvalue weighted by atomic mass is 9.78. The van der Waals surface area contributed by atoms with Gasteiger partial charge >= 0.3 is 0 Å². The summed E-state index contributed by atoms with van der Waals surface area (Å²) in [6.07, 6.45) is 3.43. The Kier molecular flexibility index (Phi) is 2.44. The fourth-order valence-corrected chi connectivity index (χ4v) is 1.21. The molecule has 0 radical (unpaired) electrons. The highest BCUT2D eigenvalue weighted by molar-refractivity contribution is 5.83. The third-order valence-electron chi connectivity index (χ3n) is 2.35. The van der Waals surface area contributed by atoms with Crippen molar-refractivity contribution in [2.24, 2.45) is 17.6 Å². The van der Waals surface area contributed by atoms with Gasteiger partial charge in [0.05, 0.1) is 0 Å². The molecule has 0 aromatic heterocycles. The van der Waals surface area contributed by atoms with Gasteiger partial charge in [0.1, 0.15) is 5.78 Å². The molecule has 2 nitrogen and oxygen atoms in total. The molecule has 2 heteroatoms. The van der Waals surface area contributed by atoms with Crippen LogP contribution in [0.25, 0.3) is 0 Å². The van der Waals surface area contributed by atoms with Gasteiger partial charge < -0.3 is 5.73 Å². The van der Waals surface area contributed by atoms with E-state index in [-0.39, 0.29) is 5.92 Å². The highest BCUT2D eigenvalue weighted by Crippen LogP contribution is 2.29. The van der Waals surface area contributed by atoms with E-state index in [0.29, 0.717) is 18.2 Å². The van der Waals surface area contributed by atoms with Gasteiger partial charge in [0.15, 0.2) is 0 Å². The summed E-state index contributed by atoms with van der Waals surface area (Å²) in [5, 5.41) is 0. The fraction of sp³-hybridized carbons (Fsp3) is 0.875. The molecule has 1 unspecified atom stereocenters. The predicted octanol–water partition coefficient (Wildman–Crippen LogP) is 0.950. The second-order valence-corrected chi connectivity index (χ2v) is 3.17. The number of Topliss-reactive ketones (excluding diaryl/α,β-unsaturated/α-hetero) is 1. The summed E-state index contributed by atoms with van der Waals surface area (Å²) < 4.78 is 0. The molecule has 1 aliphatic carbocycles. The Labute approximate surface area is 61.8 Å². The van der Waals surface area contributed by atoms with Gasteiger partial charge in [-0.3, -0.25) is 4.79 Å². The van der Waals surface area contributed by atoms with Gasteiger partial charge in [-0.2, -0.15) is 0 Å². The first kappa shape index (κ1) is 7.73. The first-order valence-electron chi connectivity index (χ1n) is 3.99. The molecule has 10 heavy (non-hydrogen) atoms. The Bertz CT molecular complexity index is 122. The summed E-state index contributed by atoms with van der Waals surface area (Å²) in [6, 6.07) is 0. The predicted molar refractivity (Wildman–Crippen MR) is 40.6 cm³/mol. The molecule has 0 spiro atoms. The standard InChI is InChI=1S/C8H15NO/c1-6(5-9)8(10)7-3-2-4-7/h6-7H,2-5,9H2,1H3. The van der Waals surface area contributed by atoms with Crippen molar-refractivity contribution in [3.63, 3.8) is 0 Å². The van der Waals surface area contributed by atoms with Crippen molar-refractivity contribution in [2.45, 2.75) is 26.2 Å². The number of carbonyl (C=O) groups is 1. The lowest BCUT2D eigenvalue weighted by molar-refractivity contribution is -0.128. The van der Waals surface area contributed by atoms with Crippen molar-refractivity contribution < 1.29 is 4.79 Å². The number of nitrogens with two attached hydrogens (primary N) is 1. The molecule has 1 rings (SSSR count). The zero-order valence-electron chi connectivity index (χ0n) is 6.47. The Morgan fingerprint density at radius 2 is 2.30 bits per heavy atom. The minimum Gasteiger partial charge on any atom is -0.330 e. The van der Waals surface area contributed by atoms with Crippen LogP contribution in [0.2, 0.25) is 0 Å². The monoisotopic (exact) mass is 141 g/mol. The normalized spacial score (nSPS) is 21.8. The molecule has 0 aromatic rings. The molecule has 0 bridgehead atoms. The van der Waals surface area contributed by atoms with E-state index in [1.54, 1.807) is 0 Å². The minimum absolute atomic E-state index is 0.0882. The first-order valence-corrected chi connectivity index (χ1v) is 3.99. The van der Waals surface area contributed by atoms with E-state index in [1.165, 1.54) is 6.42 Å². The van der Waals surface area contributed by atoms with Crippen LogP contribution in [0.3, 0.4) is 0 Å². The smallest absolute Gasteiger partial charge is 0.140 e. The van der Waals surface area contributed by atoms with E-state index >= 15 is 0 Å². The minimum atomic E-state index is 0.0882. The molecule has 1 atom stereocenters. The Hall–Kier alpha value is -0.370. The maximum absolute atomic E-state index is 11.3. The van der Waals surface area contributed by atoms with Crippen molar-refractivity contribution >= 4 is 5.78 Å². The average Bonchev–Trinajstić information content (AvgIpc) is 1.82. The molecule has 1 saturated carbocycles. The molecule has 0 aromatic carbocycles. The first-order chi connectivity index (χ1) is 4.75. The van der Waals surface area contributed by atoms with Crippen LogP contribution >= 0.6 is 0 Å². The molecule has 0 saturated heterocycles. The number of ketones is 1. The zero-order chi connectivity index (χ0) is 7.56. The van der Waals surface area contributed by atoms with Crippen LogP contribution in [0.1, 0.15) is 26.2 Å². The molecular weight excluding hydrogens is 126 g/mol. The van der Waals surface area contributed by atoms with Crippen LogP contribution in [0.5, 0.6) is 0 Å². The van der Waals surface area contributed by atoms with Crippen LogP contribution in [0.15, 0.2) is 0 Å². The highest BCUT2D eigenvalue weighted by atomic mass is 16.1. The summed E-state index contributed by atoms with van der Waals surface area (Å²) in [4.78, 5) is 11.3. The quantitative estimate of drug-likeness (QED) is 0.636. The molecule has 58 valence electrons. The van der Waals surface area contributed by atoms with Gasteiger partial charge in [-0.1, -0.05) is 13.3 Å². The lowest BCUT2D eigenvalue weighted by Gasteiger charge is -2.26. The van der Waals surface area contributed by atoms with Crippen LogP contribution < -0.4 is 5.73 Å². The van der Waals surface area contributed by atoms with E-state index < -0.39 is 0 Å². The Balaban J connectivity index is 2.32. The second-order valence-electron chi connectivity index (χ2n) is 3.17. The number of hydrogen-bond donors (Lipinski definition) is 1. The van der Waals surface area contributed by atoms with Gasteiger partial charge in [0.25, 0.3) is 0 Å². The van der Waals surface area contributed by atoms with Crippen molar-refractivity contribution in [1.82, 2.24) is 0 Å². The molecule has 2 N–H and O–H groups in total. The summed E-state index contributed by atoms with van der Waals surface area (Å²) in [6.45, 7) is 2.43. The second kappa shape index (κ2) is 3.15. The largest absolute Gasteiger partial charge is 0.330 e. The third-order valence-corrected chi connectivity index (χ3v) is 2.35. The van der Waals surface area contributed by atoms with Crippen LogP contribution in [-0.4, -0.2) is 12.3 Å². The van der Waals surface area contributed by atoms with Gasteiger partial charge in [-0.15, -0.1) is 0 Å². The zero-order valence-corrected chi connectivity index (χ0v) is 6.47. The summed E-state index contributed by atoms with van der Waals surface area (Å²) in [7, 11) is 0. The SMILES string of the molecule is CC(CN)C(=O)C1CCC1. The summed E-state index contributed by atoms with van der Waals surface area (Å²) in [5.41, 5.74) is 5.37. The lowest BCUT2D eigenvalue weighted by Crippen LogP contribution is -2.31. The number of carbonyl (C=O) groups excluding carboxylic acids is 1. The Morgan fingerprint density at radius 3 is 2.60 bits per heavy atom. The molecule has 1 fully saturated rings. The number of rotatable bonds is 3. The highest BCUT2D eigenvalue weighted by Gasteiger charge is 2.27. The molecular formula is C8H15NO. The van der Waals surface area contributed by atoms with E-state index in [9.17, 15) is 4.79 Å². The van der Waals surface area contributed by atoms with Crippen molar-refractivity contribution in [1.29, 1.82) is 0 Å². The van der Waals surface area contributed by atoms with E-state index in [2.05, 4.69) is 0 Å². The molecule has 0 heterocycles. The third kappa shape index (κ3) is 1.37. The summed E-state index contributed by atoms with van der Waals surface area (Å²) in [5.74, 6) is 0.831. The topological polar surface area (TPSA) is 43.1 Å². The Morgan fingerprint density at radius 1 is 1.70 bits per heavy atom. The average molecular weight is 141 g/mol. The molecule has 0 aliphatic heterocycles. The molecule has 0 amide bonds. The van der Waals surface area contributed by atoms with Crippen LogP contribution in [-0.2, 0) is 4.79 Å². The van der Waals surface area contributed by atoms with Crippen molar-refractivity contribution in [3.8, 4) is 0 Å². The maximum Gasteiger partial charge on any atom is 0.140 e. The summed E-state index contributed by atoms with van der Waals surface area (Å²) >= 11 is 0. The van der Waals surface area contributed by atoms with Gasteiger partial charge in [-0.05, 0) is 12.8 Å². The van der Waals surface area contributed by atoms with Gasteiger partial charge in [-0.25, -0.2) is 0 Å². The molecule has 1 aliphatic rings. The van der Waals surface area contributed by atoms with Gasteiger partial charge in [0.2, 0.25) is 0 Å². The van der Waals surface area contributed by atoms with Crippen molar-refractivity contribution in [2.75, 3.05) is 6.54 Å². The van der Waals surface area contributed by atoms with Crippen molar-refractivity contribution in [3.05, 3.63) is 0 Å². The number of hydrogen-bond acceptors (Lipinski definition) is 2. The van der Waals surface area contributed by atoms with E-state index in [0.717, 1.165) is 12.8 Å². The fourth-order valence-electron chi connectivity index (χ4n) is 1.21.